The third-order valence-corrected chi connectivity index (χ3v) is 2.33. The molecule has 9 heteroatoms. The number of benzene rings is 1. The van der Waals surface area contributed by atoms with Gasteiger partial charge in [-0.15, -0.1) is 0 Å². The van der Waals surface area contributed by atoms with E-state index in [9.17, 15) is 23.2 Å². The summed E-state index contributed by atoms with van der Waals surface area (Å²) in [5.74, 6) is -2.25. The molecule has 0 bridgehead atoms. The Hall–Kier alpha value is -2.71. The van der Waals surface area contributed by atoms with Gasteiger partial charge in [0.15, 0.2) is 6.61 Å². The molecule has 0 atom stereocenters. The first kappa shape index (κ1) is 18.3. The molecule has 1 rings (SSSR count). The molecule has 0 aliphatic heterocycles. The zero-order valence-electron chi connectivity index (χ0n) is 12.5. The van der Waals surface area contributed by atoms with Crippen LogP contribution in [0.4, 0.5) is 13.6 Å². The fraction of sp³-hybridized carbons (Fsp3) is 0.357. The number of esters is 1. The van der Waals surface area contributed by atoms with Crippen LogP contribution < -0.4 is 15.4 Å². The van der Waals surface area contributed by atoms with Crippen LogP contribution in [0.5, 0.6) is 5.75 Å². The number of ether oxygens (including phenoxy) is 2. The van der Waals surface area contributed by atoms with E-state index in [1.54, 1.807) is 13.8 Å². The summed E-state index contributed by atoms with van der Waals surface area (Å²) in [5, 5.41) is 4.36. The highest BCUT2D eigenvalue weighted by Gasteiger charge is 2.18. The van der Waals surface area contributed by atoms with Crippen molar-refractivity contribution in [3.8, 4) is 5.75 Å². The molecule has 23 heavy (non-hydrogen) atoms. The van der Waals surface area contributed by atoms with E-state index in [0.29, 0.717) is 0 Å². The Morgan fingerprint density at radius 2 is 1.83 bits per heavy atom. The van der Waals surface area contributed by atoms with Gasteiger partial charge in [-0.3, -0.25) is 10.1 Å². The van der Waals surface area contributed by atoms with E-state index in [1.165, 1.54) is 24.3 Å². The van der Waals surface area contributed by atoms with Gasteiger partial charge in [0.1, 0.15) is 11.3 Å². The number of hydrogen-bond donors (Lipinski definition) is 2. The number of amides is 3. The highest BCUT2D eigenvalue weighted by Crippen LogP contribution is 2.20. The normalized spacial score (nSPS) is 10.3. The van der Waals surface area contributed by atoms with E-state index >= 15 is 0 Å². The summed E-state index contributed by atoms with van der Waals surface area (Å²) in [7, 11) is 0. The molecule has 0 radical (unpaired) electrons. The summed E-state index contributed by atoms with van der Waals surface area (Å²) < 4.78 is 33.3. The van der Waals surface area contributed by atoms with Gasteiger partial charge >= 0.3 is 18.6 Å². The fourth-order valence-corrected chi connectivity index (χ4v) is 1.50. The Kier molecular flexibility index (Phi) is 6.91. The third-order valence-electron chi connectivity index (χ3n) is 2.33. The summed E-state index contributed by atoms with van der Waals surface area (Å²) >= 11 is 0. The number of halogens is 2. The van der Waals surface area contributed by atoms with Gasteiger partial charge in [-0.05, 0) is 26.0 Å². The minimum absolute atomic E-state index is 0.177. The number of nitrogens with one attached hydrogen (secondary N) is 2. The second-order valence-corrected chi connectivity index (χ2v) is 4.63. The number of carbonyl (C=O) groups excluding carboxylic acids is 3. The van der Waals surface area contributed by atoms with E-state index < -0.39 is 31.1 Å². The second-order valence-electron chi connectivity index (χ2n) is 4.63. The Bertz CT molecular complexity index is 578. The van der Waals surface area contributed by atoms with E-state index in [1.807, 2.05) is 5.32 Å². The standard InChI is InChI=1S/C14H16F2N2O5/c1-8(2)17-14(21)18-11(19)7-22-12(20)9-5-3-4-6-10(9)23-13(15)16/h3-6,8,13H,7H2,1-2H3,(H2,17,18,19,21). The molecule has 0 fully saturated rings. The topological polar surface area (TPSA) is 93.7 Å². The molecule has 126 valence electrons. The van der Waals surface area contributed by atoms with Crippen LogP contribution in [0.3, 0.4) is 0 Å². The fourth-order valence-electron chi connectivity index (χ4n) is 1.50. The monoisotopic (exact) mass is 330 g/mol. The van der Waals surface area contributed by atoms with Gasteiger partial charge in [0.2, 0.25) is 0 Å². The number of imide groups is 1. The maximum atomic E-state index is 12.2. The number of hydrogen-bond acceptors (Lipinski definition) is 5. The van der Waals surface area contributed by atoms with Crippen LogP contribution >= 0.6 is 0 Å². The smallest absolute Gasteiger partial charge is 0.387 e. The highest BCUT2D eigenvalue weighted by molar-refractivity contribution is 5.97. The lowest BCUT2D eigenvalue weighted by Gasteiger charge is -2.11. The first-order valence-electron chi connectivity index (χ1n) is 6.61. The largest absolute Gasteiger partial charge is 0.452 e. The number of rotatable bonds is 6. The zero-order valence-corrected chi connectivity index (χ0v) is 12.5. The van der Waals surface area contributed by atoms with Crippen LogP contribution in [0.25, 0.3) is 0 Å². The predicted molar refractivity (Wildman–Crippen MR) is 75.2 cm³/mol. The summed E-state index contributed by atoms with van der Waals surface area (Å²) in [6, 6.07) is 4.29. The molecule has 2 N–H and O–H groups in total. The van der Waals surface area contributed by atoms with Crippen LogP contribution in [0.15, 0.2) is 24.3 Å². The molecular formula is C14H16F2N2O5. The maximum Gasteiger partial charge on any atom is 0.387 e. The van der Waals surface area contributed by atoms with Crippen molar-refractivity contribution >= 4 is 17.9 Å². The van der Waals surface area contributed by atoms with Crippen LogP contribution in [0.2, 0.25) is 0 Å². The van der Waals surface area contributed by atoms with E-state index in [0.717, 1.165) is 0 Å². The second kappa shape index (κ2) is 8.66. The molecule has 1 aromatic rings. The lowest BCUT2D eigenvalue weighted by Crippen LogP contribution is -2.44. The number of para-hydroxylation sites is 1. The van der Waals surface area contributed by atoms with E-state index in [2.05, 4.69) is 14.8 Å². The van der Waals surface area contributed by atoms with Crippen molar-refractivity contribution in [3.05, 3.63) is 29.8 Å². The molecule has 0 aromatic heterocycles. The van der Waals surface area contributed by atoms with Crippen molar-refractivity contribution < 1.29 is 32.6 Å². The van der Waals surface area contributed by atoms with Crippen LogP contribution in [-0.4, -0.2) is 37.2 Å². The van der Waals surface area contributed by atoms with Crippen LogP contribution in [-0.2, 0) is 9.53 Å². The van der Waals surface area contributed by atoms with Crippen LogP contribution in [0.1, 0.15) is 24.2 Å². The quantitative estimate of drug-likeness (QED) is 0.774. The summed E-state index contributed by atoms with van der Waals surface area (Å²) in [6.07, 6.45) is 0. The molecular weight excluding hydrogens is 314 g/mol. The van der Waals surface area contributed by atoms with Crippen molar-refractivity contribution in [1.29, 1.82) is 0 Å². The van der Waals surface area contributed by atoms with Gasteiger partial charge in [0.05, 0.1) is 0 Å². The average molecular weight is 330 g/mol. The Labute approximate surface area is 130 Å². The van der Waals surface area contributed by atoms with Crippen LogP contribution in [0, 0.1) is 0 Å². The molecule has 0 heterocycles. The van der Waals surface area contributed by atoms with Crippen molar-refractivity contribution in [3.63, 3.8) is 0 Å². The molecule has 3 amide bonds. The molecule has 0 saturated carbocycles. The predicted octanol–water partition coefficient (Wildman–Crippen LogP) is 1.68. The molecule has 0 aliphatic carbocycles. The first-order valence-corrected chi connectivity index (χ1v) is 6.61. The van der Waals surface area contributed by atoms with Crippen molar-refractivity contribution in [2.45, 2.75) is 26.5 Å². The van der Waals surface area contributed by atoms with Crippen molar-refractivity contribution in [2.75, 3.05) is 6.61 Å². The molecule has 1 aromatic carbocycles. The number of alkyl halides is 2. The Balaban J connectivity index is 2.57. The maximum absolute atomic E-state index is 12.2. The van der Waals surface area contributed by atoms with Gasteiger partial charge < -0.3 is 14.8 Å². The summed E-state index contributed by atoms with van der Waals surface area (Å²) in [5.41, 5.74) is -0.257. The van der Waals surface area contributed by atoms with Gasteiger partial charge in [0, 0.05) is 6.04 Å². The van der Waals surface area contributed by atoms with Crippen molar-refractivity contribution in [1.82, 2.24) is 10.6 Å². The highest BCUT2D eigenvalue weighted by atomic mass is 19.3. The van der Waals surface area contributed by atoms with Gasteiger partial charge in [0.25, 0.3) is 5.91 Å². The lowest BCUT2D eigenvalue weighted by atomic mass is 10.2. The van der Waals surface area contributed by atoms with Gasteiger partial charge in [-0.1, -0.05) is 12.1 Å². The molecule has 7 nitrogen and oxygen atoms in total. The number of urea groups is 1. The molecule has 0 saturated heterocycles. The van der Waals surface area contributed by atoms with Gasteiger partial charge in [-0.2, -0.15) is 8.78 Å². The molecule has 0 unspecified atom stereocenters. The summed E-state index contributed by atoms with van der Waals surface area (Å²) in [6.45, 7) is -0.450. The van der Waals surface area contributed by atoms with E-state index in [4.69, 9.17) is 0 Å². The minimum atomic E-state index is -3.10. The lowest BCUT2D eigenvalue weighted by molar-refractivity contribution is -0.123. The third kappa shape index (κ3) is 6.72. The zero-order chi connectivity index (χ0) is 17.4. The Morgan fingerprint density at radius 1 is 1.17 bits per heavy atom. The van der Waals surface area contributed by atoms with E-state index in [-0.39, 0.29) is 17.4 Å². The molecule has 0 spiro atoms. The SMILES string of the molecule is CC(C)NC(=O)NC(=O)COC(=O)c1ccccc1OC(F)F. The first-order chi connectivity index (χ1) is 10.8. The van der Waals surface area contributed by atoms with Gasteiger partial charge in [-0.25, -0.2) is 9.59 Å². The number of carbonyl (C=O) groups is 3. The minimum Gasteiger partial charge on any atom is -0.452 e. The molecule has 0 aliphatic rings. The van der Waals surface area contributed by atoms with Crippen molar-refractivity contribution in [2.24, 2.45) is 0 Å². The summed E-state index contributed by atoms with van der Waals surface area (Å²) in [4.78, 5) is 34.5. The Morgan fingerprint density at radius 3 is 2.43 bits per heavy atom. The average Bonchev–Trinajstić information content (AvgIpc) is 2.43.